The zero-order valence-electron chi connectivity index (χ0n) is 9.35. The Bertz CT molecular complexity index is 421. The third-order valence-electron chi connectivity index (χ3n) is 2.60. The molecule has 0 aliphatic carbocycles. The molecule has 2 unspecified atom stereocenters. The molecule has 1 aliphatic heterocycles. The van der Waals surface area contributed by atoms with E-state index in [0.29, 0.717) is 4.90 Å². The molecule has 0 aromatic rings. The van der Waals surface area contributed by atoms with Crippen LogP contribution in [0.3, 0.4) is 0 Å². The maximum absolute atomic E-state index is 12.5. The van der Waals surface area contributed by atoms with Crippen molar-refractivity contribution in [1.82, 2.24) is 4.90 Å². The fraction of sp³-hybridized carbons (Fsp3) is 0.875. The van der Waals surface area contributed by atoms with Crippen molar-refractivity contribution in [3.05, 3.63) is 0 Å². The highest BCUT2D eigenvalue weighted by atomic mass is 32.2. The summed E-state index contributed by atoms with van der Waals surface area (Å²) >= 11 is 0. The monoisotopic (exact) mass is 291 g/mol. The lowest BCUT2D eigenvalue weighted by Gasteiger charge is -2.20. The molecule has 1 fully saturated rings. The minimum absolute atomic E-state index is 0.495. The lowest BCUT2D eigenvalue weighted by molar-refractivity contribution is -0.170. The number of halogens is 3. The third kappa shape index (κ3) is 4.02. The van der Waals surface area contributed by atoms with Crippen molar-refractivity contribution in [3.63, 3.8) is 0 Å². The Morgan fingerprint density at radius 1 is 1.50 bits per heavy atom. The van der Waals surface area contributed by atoms with E-state index in [1.54, 1.807) is 0 Å². The molecule has 1 heterocycles. The van der Waals surface area contributed by atoms with Gasteiger partial charge in [-0.3, -0.25) is 4.18 Å². The average Bonchev–Trinajstić information content (AvgIpc) is 2.56. The summed E-state index contributed by atoms with van der Waals surface area (Å²) in [6.07, 6.45) is -5.78. The first-order valence-electron chi connectivity index (χ1n) is 4.91. The zero-order chi connectivity index (χ0) is 14.1. The highest BCUT2D eigenvalue weighted by Crippen LogP contribution is 2.36. The van der Waals surface area contributed by atoms with E-state index in [1.807, 2.05) is 0 Å². The van der Waals surface area contributed by atoms with Crippen molar-refractivity contribution in [1.29, 1.82) is 0 Å². The summed E-state index contributed by atoms with van der Waals surface area (Å²) in [5.74, 6) is -1.79. The Morgan fingerprint density at radius 3 is 2.44 bits per heavy atom. The van der Waals surface area contributed by atoms with Gasteiger partial charge in [0.15, 0.2) is 0 Å². The van der Waals surface area contributed by atoms with E-state index in [1.165, 1.54) is 0 Å². The van der Waals surface area contributed by atoms with Gasteiger partial charge in [0.25, 0.3) is 10.1 Å². The predicted octanol–water partition coefficient (Wildman–Crippen LogP) is 0.893. The second-order valence-electron chi connectivity index (χ2n) is 4.05. The lowest BCUT2D eigenvalue weighted by atomic mass is 10.1. The van der Waals surface area contributed by atoms with Gasteiger partial charge in [-0.25, -0.2) is 4.79 Å². The summed E-state index contributed by atoms with van der Waals surface area (Å²) in [6.45, 7) is -1.30. The van der Waals surface area contributed by atoms with E-state index in [2.05, 4.69) is 4.18 Å². The van der Waals surface area contributed by atoms with E-state index >= 15 is 0 Å². The van der Waals surface area contributed by atoms with Crippen LogP contribution >= 0.6 is 0 Å². The first kappa shape index (κ1) is 15.0. The molecule has 18 heavy (non-hydrogen) atoms. The lowest BCUT2D eigenvalue weighted by Crippen LogP contribution is -2.38. The number of carbonyl (C=O) groups is 1. The summed E-state index contributed by atoms with van der Waals surface area (Å²) in [4.78, 5) is 11.3. The zero-order valence-corrected chi connectivity index (χ0v) is 10.2. The predicted molar refractivity (Wildman–Crippen MR) is 53.5 cm³/mol. The van der Waals surface area contributed by atoms with E-state index in [0.717, 1.165) is 6.26 Å². The number of hydrogen-bond donors (Lipinski definition) is 1. The summed E-state index contributed by atoms with van der Waals surface area (Å²) < 4.78 is 63.2. The van der Waals surface area contributed by atoms with Crippen LogP contribution in [0.15, 0.2) is 0 Å². The highest BCUT2D eigenvalue weighted by Gasteiger charge is 2.49. The van der Waals surface area contributed by atoms with Crippen LogP contribution < -0.4 is 0 Å². The van der Waals surface area contributed by atoms with Crippen molar-refractivity contribution < 1.29 is 35.7 Å². The molecule has 1 N–H and O–H groups in total. The van der Waals surface area contributed by atoms with Gasteiger partial charge in [-0.15, -0.1) is 0 Å². The third-order valence-corrected chi connectivity index (χ3v) is 3.16. The standard InChI is InChI=1S/C8H12F3NO5S/c1-18(15,16)17-4-6-2-5(8(9,10)11)3-12(6)7(13)14/h5-6H,2-4H2,1H3,(H,13,14). The van der Waals surface area contributed by atoms with E-state index in [9.17, 15) is 26.4 Å². The van der Waals surface area contributed by atoms with Crippen molar-refractivity contribution in [2.45, 2.75) is 18.6 Å². The maximum atomic E-state index is 12.5. The minimum Gasteiger partial charge on any atom is -0.465 e. The van der Waals surface area contributed by atoms with Crippen LogP contribution in [0.5, 0.6) is 0 Å². The Hall–Kier alpha value is -1.03. The second kappa shape index (κ2) is 4.92. The van der Waals surface area contributed by atoms with Crippen LogP contribution in [-0.4, -0.2) is 56.1 Å². The molecule has 0 spiro atoms. The molecular formula is C8H12F3NO5S. The van der Waals surface area contributed by atoms with Crippen LogP contribution in [0.1, 0.15) is 6.42 Å². The Labute approximate surface area is 101 Å². The molecule has 0 radical (unpaired) electrons. The highest BCUT2D eigenvalue weighted by molar-refractivity contribution is 7.85. The number of amides is 1. The molecule has 1 rings (SSSR count). The van der Waals surface area contributed by atoms with E-state index < -0.39 is 53.9 Å². The van der Waals surface area contributed by atoms with Gasteiger partial charge < -0.3 is 10.0 Å². The first-order chi connectivity index (χ1) is 8.00. The number of nitrogens with zero attached hydrogens (tertiary/aromatic N) is 1. The van der Waals surface area contributed by atoms with Gasteiger partial charge in [0.05, 0.1) is 24.8 Å². The second-order valence-corrected chi connectivity index (χ2v) is 5.70. The smallest absolute Gasteiger partial charge is 0.407 e. The molecule has 2 atom stereocenters. The minimum atomic E-state index is -4.51. The van der Waals surface area contributed by atoms with Crippen molar-refractivity contribution >= 4 is 16.2 Å². The number of alkyl halides is 3. The SMILES string of the molecule is CS(=O)(=O)OCC1CC(C(F)(F)F)CN1C(=O)O. The molecule has 10 heteroatoms. The molecule has 1 saturated heterocycles. The topological polar surface area (TPSA) is 83.9 Å². The molecule has 1 aliphatic rings. The van der Waals surface area contributed by atoms with Crippen LogP contribution in [0.4, 0.5) is 18.0 Å². The fourth-order valence-electron chi connectivity index (χ4n) is 1.75. The number of likely N-dealkylation sites (tertiary alicyclic amines) is 1. The van der Waals surface area contributed by atoms with Crippen molar-refractivity contribution in [2.75, 3.05) is 19.4 Å². The van der Waals surface area contributed by atoms with Gasteiger partial charge in [0.2, 0.25) is 0 Å². The van der Waals surface area contributed by atoms with Gasteiger partial charge in [0.1, 0.15) is 0 Å². The molecule has 0 aromatic carbocycles. The molecule has 0 aromatic heterocycles. The van der Waals surface area contributed by atoms with Crippen LogP contribution in [0, 0.1) is 5.92 Å². The summed E-state index contributed by atoms with van der Waals surface area (Å²) in [6, 6.07) is -1.11. The largest absolute Gasteiger partial charge is 0.465 e. The quantitative estimate of drug-likeness (QED) is 0.781. The van der Waals surface area contributed by atoms with Gasteiger partial charge in [-0.05, 0) is 6.42 Å². The molecular weight excluding hydrogens is 279 g/mol. The number of carboxylic acid groups (broad SMARTS) is 1. The Kier molecular flexibility index (Phi) is 4.11. The van der Waals surface area contributed by atoms with Gasteiger partial charge >= 0.3 is 12.3 Å². The molecule has 0 saturated carbocycles. The Balaban J connectivity index is 2.73. The summed E-state index contributed by atoms with van der Waals surface area (Å²) in [5, 5.41) is 8.75. The molecule has 106 valence electrons. The van der Waals surface area contributed by atoms with E-state index in [4.69, 9.17) is 5.11 Å². The first-order valence-corrected chi connectivity index (χ1v) is 6.73. The van der Waals surface area contributed by atoms with Crippen molar-refractivity contribution in [2.24, 2.45) is 5.92 Å². The Morgan fingerprint density at radius 2 is 2.06 bits per heavy atom. The van der Waals surface area contributed by atoms with Crippen LogP contribution in [-0.2, 0) is 14.3 Å². The average molecular weight is 291 g/mol. The normalized spacial score (nSPS) is 25.4. The maximum Gasteiger partial charge on any atom is 0.407 e. The van der Waals surface area contributed by atoms with Crippen LogP contribution in [0.25, 0.3) is 0 Å². The van der Waals surface area contributed by atoms with Gasteiger partial charge in [-0.1, -0.05) is 0 Å². The summed E-state index contributed by atoms with van der Waals surface area (Å²) in [7, 11) is -3.81. The molecule has 1 amide bonds. The molecule has 6 nitrogen and oxygen atoms in total. The van der Waals surface area contributed by atoms with Crippen LogP contribution in [0.2, 0.25) is 0 Å². The van der Waals surface area contributed by atoms with Gasteiger partial charge in [-0.2, -0.15) is 21.6 Å². The molecule has 0 bridgehead atoms. The van der Waals surface area contributed by atoms with E-state index in [-0.39, 0.29) is 0 Å². The number of hydrogen-bond acceptors (Lipinski definition) is 4. The summed E-state index contributed by atoms with van der Waals surface area (Å²) in [5.41, 5.74) is 0. The fourth-order valence-corrected chi connectivity index (χ4v) is 2.15. The number of rotatable bonds is 3. The van der Waals surface area contributed by atoms with Gasteiger partial charge in [0, 0.05) is 6.54 Å². The van der Waals surface area contributed by atoms with Crippen molar-refractivity contribution in [3.8, 4) is 0 Å².